The quantitative estimate of drug-likeness (QED) is 0.322. The average Bonchev–Trinajstić information content (AvgIpc) is 2.74. The van der Waals surface area contributed by atoms with Crippen molar-refractivity contribution in [2.75, 3.05) is 19.8 Å². The van der Waals surface area contributed by atoms with E-state index in [9.17, 15) is 13.0 Å². The van der Waals surface area contributed by atoms with Gasteiger partial charge in [0.1, 0.15) is 5.78 Å². The monoisotopic (exact) mass is 483 g/mol. The van der Waals surface area contributed by atoms with Crippen LogP contribution in [-0.2, 0) is 35.0 Å². The highest BCUT2D eigenvalue weighted by Crippen LogP contribution is 2.63. The van der Waals surface area contributed by atoms with Crippen LogP contribution in [0, 0.1) is 6.92 Å². The van der Waals surface area contributed by atoms with E-state index in [-0.39, 0.29) is 31.1 Å². The van der Waals surface area contributed by atoms with E-state index in [0.717, 1.165) is 11.1 Å². The Morgan fingerprint density at radius 2 is 1.50 bits per heavy atom. The summed E-state index contributed by atoms with van der Waals surface area (Å²) in [5.74, 6) is -1.11. The van der Waals surface area contributed by atoms with E-state index in [1.807, 2.05) is 37.3 Å². The zero-order valence-corrected chi connectivity index (χ0v) is 21.1. The number of sulfonamides is 1. The second-order valence-corrected chi connectivity index (χ2v) is 12.0. The summed E-state index contributed by atoms with van der Waals surface area (Å²) in [5, 5.41) is 0. The predicted octanol–water partition coefficient (Wildman–Crippen LogP) is 4.90. The van der Waals surface area contributed by atoms with Crippen LogP contribution in [0.5, 0.6) is 0 Å². The first-order valence-electron chi connectivity index (χ1n) is 10.8. The van der Waals surface area contributed by atoms with Gasteiger partial charge in [0.15, 0.2) is 0 Å². The van der Waals surface area contributed by atoms with Crippen LogP contribution in [0.3, 0.4) is 0 Å². The first-order valence-corrected chi connectivity index (χ1v) is 13.9. The van der Waals surface area contributed by atoms with Crippen molar-refractivity contribution in [3.63, 3.8) is 0 Å². The summed E-state index contributed by atoms with van der Waals surface area (Å²) in [6.07, 6.45) is 0.138. The summed E-state index contributed by atoms with van der Waals surface area (Å²) in [4.78, 5) is 0.0822. The van der Waals surface area contributed by atoms with E-state index in [0.29, 0.717) is 0 Å². The first-order chi connectivity index (χ1) is 15.1. The van der Waals surface area contributed by atoms with Gasteiger partial charge >= 0.3 is 0 Å². The molecule has 0 aliphatic carbocycles. The van der Waals surface area contributed by atoms with E-state index in [4.69, 9.17) is 14.0 Å². The molecule has 32 heavy (non-hydrogen) atoms. The Labute approximate surface area is 192 Å². The van der Waals surface area contributed by atoms with Crippen LogP contribution >= 0.6 is 7.37 Å². The fourth-order valence-electron chi connectivity index (χ4n) is 3.47. The van der Waals surface area contributed by atoms with Crippen molar-refractivity contribution >= 4 is 17.4 Å². The third kappa shape index (κ3) is 6.28. The van der Waals surface area contributed by atoms with Crippen molar-refractivity contribution in [3.8, 4) is 0 Å². The number of ether oxygens (including phenoxy) is 2. The molecule has 0 aliphatic rings. The zero-order valence-electron chi connectivity index (χ0n) is 19.4. The molecule has 1 N–H and O–H groups in total. The lowest BCUT2D eigenvalue weighted by molar-refractivity contribution is -0.168. The SMILES string of the molecule is CCOC(C)(OCC)P(=O)(OCC)[C@@H](Cc1ccccc1)NS(=O)(=O)c1ccc(C)cc1. The minimum absolute atomic E-state index is 0.0822. The van der Waals surface area contributed by atoms with Crippen molar-refractivity contribution in [3.05, 3.63) is 65.7 Å². The largest absolute Gasteiger partial charge is 0.342 e. The maximum Gasteiger partial charge on any atom is 0.278 e. The minimum Gasteiger partial charge on any atom is -0.342 e. The summed E-state index contributed by atoms with van der Waals surface area (Å²) < 4.78 is 61.1. The normalized spacial score (nSPS) is 15.3. The molecule has 9 heteroatoms. The smallest absolute Gasteiger partial charge is 0.278 e. The summed E-state index contributed by atoms with van der Waals surface area (Å²) in [5.41, 5.74) is 0.117. The summed E-state index contributed by atoms with van der Waals surface area (Å²) in [6, 6.07) is 15.7. The van der Waals surface area contributed by atoms with Gasteiger partial charge in [-0.1, -0.05) is 48.0 Å². The molecule has 2 rings (SSSR count). The average molecular weight is 484 g/mol. The molecule has 2 aromatic rings. The molecular weight excluding hydrogens is 449 g/mol. The van der Waals surface area contributed by atoms with Crippen molar-refractivity contribution < 1.29 is 27.0 Å². The van der Waals surface area contributed by atoms with Gasteiger partial charge in [0, 0.05) is 13.2 Å². The molecule has 0 heterocycles. The molecular formula is C23H34NO6PS. The molecule has 0 amide bonds. The molecule has 0 saturated heterocycles. The van der Waals surface area contributed by atoms with Crippen LogP contribution in [0.2, 0.25) is 0 Å². The molecule has 0 aromatic heterocycles. The van der Waals surface area contributed by atoms with E-state index >= 15 is 0 Å². The summed E-state index contributed by atoms with van der Waals surface area (Å²) in [7, 11) is -7.91. The van der Waals surface area contributed by atoms with E-state index < -0.39 is 28.7 Å². The van der Waals surface area contributed by atoms with Gasteiger partial charge in [0.2, 0.25) is 15.6 Å². The van der Waals surface area contributed by atoms with Crippen molar-refractivity contribution in [1.82, 2.24) is 4.72 Å². The number of nitrogens with one attached hydrogen (secondary N) is 1. The summed E-state index contributed by atoms with van der Waals surface area (Å²) in [6.45, 7) is 9.19. The minimum atomic E-state index is -4.00. The van der Waals surface area contributed by atoms with Gasteiger partial charge in [0.25, 0.3) is 7.37 Å². The van der Waals surface area contributed by atoms with E-state index in [2.05, 4.69) is 4.72 Å². The topological polar surface area (TPSA) is 90.9 Å². The molecule has 2 atom stereocenters. The number of benzene rings is 2. The number of hydrogen-bond donors (Lipinski definition) is 1. The van der Waals surface area contributed by atoms with Crippen LogP contribution < -0.4 is 4.72 Å². The lowest BCUT2D eigenvalue weighted by atomic mass is 10.1. The molecule has 0 radical (unpaired) electrons. The van der Waals surface area contributed by atoms with Gasteiger partial charge in [-0.05, 0) is 58.7 Å². The van der Waals surface area contributed by atoms with Gasteiger partial charge < -0.3 is 14.0 Å². The fraction of sp³-hybridized carbons (Fsp3) is 0.478. The Morgan fingerprint density at radius 1 is 0.938 bits per heavy atom. The van der Waals surface area contributed by atoms with Crippen molar-refractivity contribution in [2.24, 2.45) is 0 Å². The highest BCUT2D eigenvalue weighted by atomic mass is 32.2. The van der Waals surface area contributed by atoms with E-state index in [1.54, 1.807) is 39.8 Å². The molecule has 0 bridgehead atoms. The molecule has 0 fully saturated rings. The molecule has 7 nitrogen and oxygen atoms in total. The Hall–Kier alpha value is -1.54. The third-order valence-corrected chi connectivity index (χ3v) is 9.84. The number of rotatable bonds is 13. The highest BCUT2D eigenvalue weighted by molar-refractivity contribution is 7.90. The van der Waals surface area contributed by atoms with Crippen molar-refractivity contribution in [1.29, 1.82) is 0 Å². The van der Waals surface area contributed by atoms with E-state index in [1.165, 1.54) is 12.1 Å². The van der Waals surface area contributed by atoms with Crippen LogP contribution in [-0.4, -0.2) is 39.5 Å². The molecule has 0 spiro atoms. The maximum atomic E-state index is 14.5. The Kier molecular flexibility index (Phi) is 9.64. The van der Waals surface area contributed by atoms with Gasteiger partial charge in [-0.3, -0.25) is 4.57 Å². The lowest BCUT2D eigenvalue weighted by Crippen LogP contribution is -2.45. The van der Waals surface area contributed by atoms with Crippen LogP contribution in [0.1, 0.15) is 38.8 Å². The fourth-order valence-corrected chi connectivity index (χ4v) is 7.95. The maximum absolute atomic E-state index is 14.5. The second-order valence-electron chi connectivity index (χ2n) is 7.42. The molecule has 0 aliphatic heterocycles. The zero-order chi connectivity index (χ0) is 23.8. The number of hydrogen-bond acceptors (Lipinski definition) is 6. The standard InChI is InChI=1S/C23H34NO6PS/c1-6-28-23(5,29-7-2)31(25,30-8-3)22(18-20-12-10-9-11-13-20)24-32(26,27)21-16-14-19(4)15-17-21/h9-17,22,24H,6-8,18H2,1-5H3/t22-,31?/m0/s1. The summed E-state index contributed by atoms with van der Waals surface area (Å²) >= 11 is 0. The van der Waals surface area contributed by atoms with Crippen LogP contribution in [0.25, 0.3) is 0 Å². The molecule has 2 aromatic carbocycles. The Balaban J connectivity index is 2.58. The van der Waals surface area contributed by atoms with Crippen LogP contribution in [0.4, 0.5) is 0 Å². The van der Waals surface area contributed by atoms with Gasteiger partial charge in [-0.25, -0.2) is 8.42 Å². The third-order valence-electron chi connectivity index (χ3n) is 5.02. The van der Waals surface area contributed by atoms with Crippen molar-refractivity contribution in [2.45, 2.75) is 57.2 Å². The highest BCUT2D eigenvalue weighted by Gasteiger charge is 2.54. The lowest BCUT2D eigenvalue weighted by Gasteiger charge is -2.40. The second kappa shape index (κ2) is 11.5. The molecule has 178 valence electrons. The van der Waals surface area contributed by atoms with Gasteiger partial charge in [-0.2, -0.15) is 4.72 Å². The Morgan fingerprint density at radius 3 is 2.00 bits per heavy atom. The first kappa shape index (κ1) is 26.7. The molecule has 1 unspecified atom stereocenters. The van der Waals surface area contributed by atoms with Crippen LogP contribution in [0.15, 0.2) is 59.5 Å². The van der Waals surface area contributed by atoms with Gasteiger partial charge in [-0.15, -0.1) is 0 Å². The van der Waals surface area contributed by atoms with Gasteiger partial charge in [0.05, 0.1) is 11.5 Å². The number of aryl methyl sites for hydroxylation is 1. The Bertz CT molecular complexity index is 989. The predicted molar refractivity (Wildman–Crippen MR) is 126 cm³/mol. The molecule has 0 saturated carbocycles.